The van der Waals surface area contributed by atoms with Crippen molar-refractivity contribution in [2.45, 2.75) is 12.5 Å². The van der Waals surface area contributed by atoms with Gasteiger partial charge in [0.2, 0.25) is 0 Å². The third-order valence-corrected chi connectivity index (χ3v) is 4.26. The Bertz CT molecular complexity index is 481. The molecule has 1 heterocycles. The predicted octanol–water partition coefficient (Wildman–Crippen LogP) is 3.49. The Morgan fingerprint density at radius 3 is 2.75 bits per heavy atom. The maximum atomic E-state index is 10.0. The van der Waals surface area contributed by atoms with Gasteiger partial charge in [0.15, 0.2) is 0 Å². The molecule has 84 valence electrons. The third kappa shape index (κ3) is 2.64. The van der Waals surface area contributed by atoms with E-state index in [2.05, 4.69) is 15.9 Å². The number of aliphatic hydroxyl groups excluding tert-OH is 1. The van der Waals surface area contributed by atoms with Crippen molar-refractivity contribution >= 4 is 27.3 Å². The van der Waals surface area contributed by atoms with Crippen LogP contribution in [0, 0.1) is 0 Å². The fourth-order valence-corrected chi connectivity index (χ4v) is 3.17. The van der Waals surface area contributed by atoms with Crippen molar-refractivity contribution in [1.82, 2.24) is 0 Å². The van der Waals surface area contributed by atoms with Gasteiger partial charge in [0.1, 0.15) is 5.75 Å². The number of aliphatic hydroxyl groups is 1. The van der Waals surface area contributed by atoms with E-state index in [0.29, 0.717) is 6.42 Å². The van der Waals surface area contributed by atoms with Crippen molar-refractivity contribution in [3.63, 3.8) is 0 Å². The molecular formula is C12H11BrO2S. The summed E-state index contributed by atoms with van der Waals surface area (Å²) in [6.07, 6.45) is -0.0239. The average Bonchev–Trinajstić information content (AvgIpc) is 2.64. The Kier molecular flexibility index (Phi) is 3.63. The lowest BCUT2D eigenvalue weighted by molar-refractivity contribution is 0.181. The predicted molar refractivity (Wildman–Crippen MR) is 68.8 cm³/mol. The van der Waals surface area contributed by atoms with Gasteiger partial charge in [-0.1, -0.05) is 12.1 Å². The molecule has 16 heavy (non-hydrogen) atoms. The highest BCUT2D eigenvalue weighted by atomic mass is 79.9. The SMILES string of the molecule is Oc1cccc(CC(O)c2sccc2Br)c1. The van der Waals surface area contributed by atoms with Gasteiger partial charge in [-0.25, -0.2) is 0 Å². The molecule has 0 radical (unpaired) electrons. The van der Waals surface area contributed by atoms with Crippen molar-refractivity contribution in [3.05, 3.63) is 50.6 Å². The van der Waals surface area contributed by atoms with E-state index in [1.54, 1.807) is 18.2 Å². The van der Waals surface area contributed by atoms with Crippen molar-refractivity contribution in [3.8, 4) is 5.75 Å². The van der Waals surface area contributed by atoms with Crippen LogP contribution in [-0.4, -0.2) is 10.2 Å². The lowest BCUT2D eigenvalue weighted by Crippen LogP contribution is -1.99. The standard InChI is InChI=1S/C12H11BrO2S/c13-10-4-5-16-12(10)11(15)7-8-2-1-3-9(14)6-8/h1-6,11,14-15H,7H2. The first-order valence-electron chi connectivity index (χ1n) is 4.85. The minimum atomic E-state index is -0.531. The van der Waals surface area contributed by atoms with Crippen LogP contribution in [0.4, 0.5) is 0 Å². The van der Waals surface area contributed by atoms with Crippen LogP contribution in [0.5, 0.6) is 5.75 Å². The Morgan fingerprint density at radius 2 is 2.12 bits per heavy atom. The monoisotopic (exact) mass is 298 g/mol. The topological polar surface area (TPSA) is 40.5 Å². The molecule has 0 aliphatic carbocycles. The summed E-state index contributed by atoms with van der Waals surface area (Å²) in [5.41, 5.74) is 0.924. The summed E-state index contributed by atoms with van der Waals surface area (Å²) >= 11 is 4.92. The zero-order valence-corrected chi connectivity index (χ0v) is 10.8. The van der Waals surface area contributed by atoms with Crippen LogP contribution in [-0.2, 0) is 6.42 Å². The van der Waals surface area contributed by atoms with Crippen LogP contribution in [0.3, 0.4) is 0 Å². The summed E-state index contributed by atoms with van der Waals surface area (Å²) < 4.78 is 0.935. The molecule has 0 aliphatic heterocycles. The summed E-state index contributed by atoms with van der Waals surface area (Å²) in [7, 11) is 0. The average molecular weight is 299 g/mol. The number of hydrogen-bond donors (Lipinski definition) is 2. The van der Waals surface area contributed by atoms with Crippen LogP contribution >= 0.6 is 27.3 Å². The highest BCUT2D eigenvalue weighted by molar-refractivity contribution is 9.10. The van der Waals surface area contributed by atoms with Gasteiger partial charge in [0.05, 0.1) is 6.10 Å². The number of aromatic hydroxyl groups is 1. The van der Waals surface area contributed by atoms with Crippen LogP contribution in [0.2, 0.25) is 0 Å². The molecule has 0 bridgehead atoms. The number of halogens is 1. The molecule has 0 saturated carbocycles. The molecule has 2 rings (SSSR count). The second-order valence-corrected chi connectivity index (χ2v) is 5.32. The van der Waals surface area contributed by atoms with Gasteiger partial charge in [-0.3, -0.25) is 0 Å². The molecule has 1 atom stereocenters. The summed E-state index contributed by atoms with van der Waals surface area (Å²) in [5, 5.41) is 21.3. The highest BCUT2D eigenvalue weighted by Gasteiger charge is 2.13. The fraction of sp³-hybridized carbons (Fsp3) is 0.167. The number of phenols is 1. The van der Waals surface area contributed by atoms with E-state index in [0.717, 1.165) is 14.9 Å². The van der Waals surface area contributed by atoms with Crippen molar-refractivity contribution in [2.75, 3.05) is 0 Å². The molecule has 1 unspecified atom stereocenters. The van der Waals surface area contributed by atoms with E-state index in [9.17, 15) is 10.2 Å². The van der Waals surface area contributed by atoms with Crippen molar-refractivity contribution in [2.24, 2.45) is 0 Å². The van der Waals surface area contributed by atoms with Gasteiger partial charge in [0.25, 0.3) is 0 Å². The molecule has 0 saturated heterocycles. The van der Waals surface area contributed by atoms with Gasteiger partial charge < -0.3 is 10.2 Å². The van der Waals surface area contributed by atoms with E-state index in [1.807, 2.05) is 17.5 Å². The molecule has 0 aliphatic rings. The Morgan fingerprint density at radius 1 is 1.31 bits per heavy atom. The molecule has 2 N–H and O–H groups in total. The van der Waals surface area contributed by atoms with Gasteiger partial charge in [-0.15, -0.1) is 11.3 Å². The molecule has 0 fully saturated rings. The summed E-state index contributed by atoms with van der Waals surface area (Å²) in [6.45, 7) is 0. The summed E-state index contributed by atoms with van der Waals surface area (Å²) in [5.74, 6) is 0.231. The van der Waals surface area contributed by atoms with E-state index in [1.165, 1.54) is 11.3 Å². The summed E-state index contributed by atoms with van der Waals surface area (Å²) in [6, 6.07) is 8.89. The van der Waals surface area contributed by atoms with Crippen LogP contribution < -0.4 is 0 Å². The molecule has 0 amide bonds. The van der Waals surface area contributed by atoms with Crippen LogP contribution in [0.1, 0.15) is 16.5 Å². The minimum absolute atomic E-state index is 0.231. The number of rotatable bonds is 3. The summed E-state index contributed by atoms with van der Waals surface area (Å²) in [4.78, 5) is 0.920. The van der Waals surface area contributed by atoms with E-state index in [-0.39, 0.29) is 5.75 Å². The second kappa shape index (κ2) is 4.99. The molecule has 1 aromatic carbocycles. The lowest BCUT2D eigenvalue weighted by atomic mass is 10.1. The molecule has 2 nitrogen and oxygen atoms in total. The van der Waals surface area contributed by atoms with Gasteiger partial charge in [-0.05, 0) is 45.1 Å². The maximum absolute atomic E-state index is 10.0. The van der Waals surface area contributed by atoms with E-state index < -0.39 is 6.10 Å². The van der Waals surface area contributed by atoms with E-state index >= 15 is 0 Å². The first-order chi connectivity index (χ1) is 7.66. The first-order valence-corrected chi connectivity index (χ1v) is 6.53. The highest BCUT2D eigenvalue weighted by Crippen LogP contribution is 2.31. The fourth-order valence-electron chi connectivity index (χ4n) is 1.54. The first kappa shape index (κ1) is 11.6. The van der Waals surface area contributed by atoms with Crippen LogP contribution in [0.15, 0.2) is 40.2 Å². The van der Waals surface area contributed by atoms with E-state index in [4.69, 9.17) is 0 Å². The molecule has 4 heteroatoms. The van der Waals surface area contributed by atoms with Crippen LogP contribution in [0.25, 0.3) is 0 Å². The smallest absolute Gasteiger partial charge is 0.115 e. The molecule has 0 spiro atoms. The van der Waals surface area contributed by atoms with Crippen molar-refractivity contribution in [1.29, 1.82) is 0 Å². The second-order valence-electron chi connectivity index (χ2n) is 3.52. The largest absolute Gasteiger partial charge is 0.508 e. The van der Waals surface area contributed by atoms with Gasteiger partial charge >= 0.3 is 0 Å². The van der Waals surface area contributed by atoms with Gasteiger partial charge in [0, 0.05) is 15.8 Å². The minimum Gasteiger partial charge on any atom is -0.508 e. The molecule has 1 aromatic heterocycles. The number of thiophene rings is 1. The Labute approximate surface area is 106 Å². The third-order valence-electron chi connectivity index (χ3n) is 2.29. The zero-order valence-electron chi connectivity index (χ0n) is 8.43. The Balaban J connectivity index is 2.14. The lowest BCUT2D eigenvalue weighted by Gasteiger charge is -2.09. The molecular weight excluding hydrogens is 288 g/mol. The maximum Gasteiger partial charge on any atom is 0.115 e. The quantitative estimate of drug-likeness (QED) is 0.910. The number of phenolic OH excluding ortho intramolecular Hbond substituents is 1. The van der Waals surface area contributed by atoms with Crippen molar-refractivity contribution < 1.29 is 10.2 Å². The normalized spacial score (nSPS) is 12.6. The zero-order chi connectivity index (χ0) is 11.5. The van der Waals surface area contributed by atoms with Gasteiger partial charge in [-0.2, -0.15) is 0 Å². The Hall–Kier alpha value is -0.840. The molecule has 2 aromatic rings. The number of benzene rings is 1. The number of hydrogen-bond acceptors (Lipinski definition) is 3.